The molecule has 0 atom stereocenters. The van der Waals surface area contributed by atoms with Gasteiger partial charge in [0.05, 0.1) is 12.1 Å². The van der Waals surface area contributed by atoms with Crippen LogP contribution >= 0.6 is 0 Å². The summed E-state index contributed by atoms with van der Waals surface area (Å²) in [5.74, 6) is 0.964. The van der Waals surface area contributed by atoms with E-state index in [4.69, 9.17) is 9.47 Å². The van der Waals surface area contributed by atoms with E-state index < -0.39 is 0 Å². The number of pyridine rings is 1. The molecule has 6 heteroatoms. The smallest absolute Gasteiger partial charge is 0.344 e. The second kappa shape index (κ2) is 6.26. The molecular formula is C16H15N3O3. The van der Waals surface area contributed by atoms with Crippen LogP contribution in [-0.2, 0) is 9.53 Å². The van der Waals surface area contributed by atoms with E-state index in [0.29, 0.717) is 18.0 Å². The number of fused-ring (bicyclic) bond motifs is 1. The summed E-state index contributed by atoms with van der Waals surface area (Å²) in [6.07, 6.45) is 1.71. The van der Waals surface area contributed by atoms with Gasteiger partial charge in [-0.05, 0) is 43.3 Å². The van der Waals surface area contributed by atoms with E-state index in [0.717, 1.165) is 16.9 Å². The summed E-state index contributed by atoms with van der Waals surface area (Å²) in [6, 6.07) is 11.1. The van der Waals surface area contributed by atoms with Crippen LogP contribution in [-0.4, -0.2) is 34.1 Å². The standard InChI is InChI=1S/C16H15N3O3/c1-2-21-14(20)10-22-12-7-5-11(6-8-12)15-18-13-4-3-9-17-16(13)19-15/h3-9H,2,10H2,1H3,(H,17,18,19). The Labute approximate surface area is 127 Å². The maximum Gasteiger partial charge on any atom is 0.344 e. The predicted molar refractivity (Wildman–Crippen MR) is 81.5 cm³/mol. The third kappa shape index (κ3) is 3.06. The predicted octanol–water partition coefficient (Wildman–Crippen LogP) is 2.57. The second-order valence-corrected chi connectivity index (χ2v) is 4.58. The number of nitrogens with zero attached hydrogens (tertiary/aromatic N) is 2. The summed E-state index contributed by atoms with van der Waals surface area (Å²) in [6.45, 7) is 2.01. The van der Waals surface area contributed by atoms with Crippen molar-refractivity contribution in [3.63, 3.8) is 0 Å². The third-order valence-electron chi connectivity index (χ3n) is 3.05. The summed E-state index contributed by atoms with van der Waals surface area (Å²) in [4.78, 5) is 23.1. The number of imidazole rings is 1. The zero-order valence-electron chi connectivity index (χ0n) is 12.1. The average molecular weight is 297 g/mol. The van der Waals surface area contributed by atoms with Crippen molar-refractivity contribution in [3.8, 4) is 17.1 Å². The first-order valence-electron chi connectivity index (χ1n) is 6.96. The van der Waals surface area contributed by atoms with Gasteiger partial charge in [0.2, 0.25) is 0 Å². The lowest BCUT2D eigenvalue weighted by atomic mass is 10.2. The van der Waals surface area contributed by atoms with Crippen LogP contribution in [0, 0.1) is 0 Å². The molecule has 0 spiro atoms. The molecule has 3 rings (SSSR count). The molecule has 0 radical (unpaired) electrons. The number of ether oxygens (including phenoxy) is 2. The number of benzene rings is 1. The van der Waals surface area contributed by atoms with E-state index in [9.17, 15) is 4.79 Å². The van der Waals surface area contributed by atoms with Crippen molar-refractivity contribution in [2.75, 3.05) is 13.2 Å². The van der Waals surface area contributed by atoms with Crippen molar-refractivity contribution in [2.45, 2.75) is 6.92 Å². The SMILES string of the molecule is CCOC(=O)COc1ccc(-c2nc3ncccc3[nH]2)cc1. The van der Waals surface area contributed by atoms with Gasteiger partial charge >= 0.3 is 5.97 Å². The van der Waals surface area contributed by atoms with Crippen molar-refractivity contribution < 1.29 is 14.3 Å². The molecular weight excluding hydrogens is 282 g/mol. The summed E-state index contributed by atoms with van der Waals surface area (Å²) in [5, 5.41) is 0. The zero-order chi connectivity index (χ0) is 15.4. The molecule has 0 fully saturated rings. The lowest BCUT2D eigenvalue weighted by Gasteiger charge is -2.06. The van der Waals surface area contributed by atoms with Crippen molar-refractivity contribution >= 4 is 17.1 Å². The minimum Gasteiger partial charge on any atom is -0.482 e. The Morgan fingerprint density at radius 1 is 1.23 bits per heavy atom. The normalized spacial score (nSPS) is 10.6. The number of aromatic nitrogens is 3. The van der Waals surface area contributed by atoms with Crippen LogP contribution in [0.4, 0.5) is 0 Å². The fraction of sp³-hybridized carbons (Fsp3) is 0.188. The van der Waals surface area contributed by atoms with Crippen LogP contribution in [0.15, 0.2) is 42.6 Å². The number of aromatic amines is 1. The van der Waals surface area contributed by atoms with Crippen LogP contribution in [0.2, 0.25) is 0 Å². The molecule has 0 aliphatic rings. The first-order chi connectivity index (χ1) is 10.8. The van der Waals surface area contributed by atoms with E-state index in [2.05, 4.69) is 15.0 Å². The van der Waals surface area contributed by atoms with Crippen molar-refractivity contribution in [2.24, 2.45) is 0 Å². The van der Waals surface area contributed by atoms with Gasteiger partial charge in [-0.3, -0.25) is 0 Å². The molecule has 0 aliphatic heterocycles. The van der Waals surface area contributed by atoms with Gasteiger partial charge in [0, 0.05) is 11.8 Å². The van der Waals surface area contributed by atoms with Gasteiger partial charge in [-0.15, -0.1) is 0 Å². The monoisotopic (exact) mass is 297 g/mol. The summed E-state index contributed by atoms with van der Waals surface area (Å²) in [7, 11) is 0. The van der Waals surface area contributed by atoms with Gasteiger partial charge in [0.25, 0.3) is 0 Å². The number of esters is 1. The molecule has 0 unspecified atom stereocenters. The van der Waals surface area contributed by atoms with Gasteiger partial charge in [-0.1, -0.05) is 0 Å². The molecule has 2 heterocycles. The molecule has 22 heavy (non-hydrogen) atoms. The molecule has 2 aromatic heterocycles. The highest BCUT2D eigenvalue weighted by Gasteiger charge is 2.07. The minimum atomic E-state index is -0.380. The van der Waals surface area contributed by atoms with Crippen molar-refractivity contribution in [3.05, 3.63) is 42.6 Å². The number of H-pyrrole nitrogens is 1. The largest absolute Gasteiger partial charge is 0.482 e. The van der Waals surface area contributed by atoms with Gasteiger partial charge in [0.15, 0.2) is 12.3 Å². The highest BCUT2D eigenvalue weighted by molar-refractivity contribution is 5.75. The van der Waals surface area contributed by atoms with Crippen LogP contribution in [0.3, 0.4) is 0 Å². The first kappa shape index (κ1) is 14.1. The molecule has 6 nitrogen and oxygen atoms in total. The minimum absolute atomic E-state index is 0.0955. The van der Waals surface area contributed by atoms with Gasteiger partial charge < -0.3 is 14.5 Å². The molecule has 0 saturated carbocycles. The maximum absolute atomic E-state index is 11.2. The lowest BCUT2D eigenvalue weighted by Crippen LogP contribution is -2.14. The topological polar surface area (TPSA) is 77.1 Å². The number of carbonyl (C=O) groups excluding carboxylic acids is 1. The van der Waals surface area contributed by atoms with Crippen molar-refractivity contribution in [1.29, 1.82) is 0 Å². The Hall–Kier alpha value is -2.89. The van der Waals surface area contributed by atoms with Crippen molar-refractivity contribution in [1.82, 2.24) is 15.0 Å². The fourth-order valence-electron chi connectivity index (χ4n) is 2.04. The van der Waals surface area contributed by atoms with E-state index in [1.54, 1.807) is 25.3 Å². The molecule has 1 N–H and O–H groups in total. The molecule has 0 saturated heterocycles. The quantitative estimate of drug-likeness (QED) is 0.732. The van der Waals surface area contributed by atoms with E-state index in [1.807, 2.05) is 24.3 Å². The summed E-state index contributed by atoms with van der Waals surface area (Å²) >= 11 is 0. The summed E-state index contributed by atoms with van der Waals surface area (Å²) < 4.78 is 10.2. The van der Waals surface area contributed by atoms with Gasteiger partial charge in [0.1, 0.15) is 11.6 Å². The van der Waals surface area contributed by atoms with Gasteiger partial charge in [-0.25, -0.2) is 14.8 Å². The average Bonchev–Trinajstić information content (AvgIpc) is 2.98. The number of hydrogen-bond donors (Lipinski definition) is 1. The van der Waals surface area contributed by atoms with E-state index >= 15 is 0 Å². The Morgan fingerprint density at radius 2 is 2.05 bits per heavy atom. The molecule has 3 aromatic rings. The second-order valence-electron chi connectivity index (χ2n) is 4.58. The first-order valence-corrected chi connectivity index (χ1v) is 6.96. The molecule has 0 aliphatic carbocycles. The molecule has 0 amide bonds. The number of rotatable bonds is 5. The molecule has 1 aromatic carbocycles. The Bertz CT molecular complexity index is 748. The molecule has 0 bridgehead atoms. The third-order valence-corrected chi connectivity index (χ3v) is 3.05. The van der Waals surface area contributed by atoms with E-state index in [-0.39, 0.29) is 12.6 Å². The highest BCUT2D eigenvalue weighted by atomic mass is 16.6. The zero-order valence-corrected chi connectivity index (χ0v) is 12.1. The number of nitrogens with one attached hydrogen (secondary N) is 1. The summed E-state index contributed by atoms with van der Waals surface area (Å²) in [5.41, 5.74) is 2.49. The van der Waals surface area contributed by atoms with Crippen LogP contribution < -0.4 is 4.74 Å². The van der Waals surface area contributed by atoms with Gasteiger partial charge in [-0.2, -0.15) is 0 Å². The van der Waals surface area contributed by atoms with Crippen LogP contribution in [0.25, 0.3) is 22.6 Å². The van der Waals surface area contributed by atoms with Crippen LogP contribution in [0.1, 0.15) is 6.92 Å². The fourth-order valence-corrected chi connectivity index (χ4v) is 2.04. The lowest BCUT2D eigenvalue weighted by molar-refractivity contribution is -0.145. The number of carbonyl (C=O) groups is 1. The molecule has 112 valence electrons. The van der Waals surface area contributed by atoms with Crippen LogP contribution in [0.5, 0.6) is 5.75 Å². The number of hydrogen-bond acceptors (Lipinski definition) is 5. The Balaban J connectivity index is 1.72. The Kier molecular flexibility index (Phi) is 4.00. The Morgan fingerprint density at radius 3 is 2.77 bits per heavy atom. The maximum atomic E-state index is 11.2. The highest BCUT2D eigenvalue weighted by Crippen LogP contribution is 2.22. The van der Waals surface area contributed by atoms with E-state index in [1.165, 1.54) is 0 Å².